The lowest BCUT2D eigenvalue weighted by atomic mass is 10.1. The lowest BCUT2D eigenvalue weighted by Crippen LogP contribution is -2.24. The van der Waals surface area contributed by atoms with Gasteiger partial charge in [-0.2, -0.15) is 13.2 Å². The third kappa shape index (κ3) is 3.39. The first kappa shape index (κ1) is 13.7. The van der Waals surface area contributed by atoms with Crippen LogP contribution in [0.4, 0.5) is 13.2 Å². The molecule has 1 aromatic carbocycles. The van der Waals surface area contributed by atoms with Crippen molar-refractivity contribution in [1.29, 1.82) is 0 Å². The fraction of sp³-hybridized carbons (Fsp3) is 0.538. The molecule has 1 N–H and O–H groups in total. The zero-order chi connectivity index (χ0) is 13.2. The lowest BCUT2D eigenvalue weighted by Gasteiger charge is -2.13. The summed E-state index contributed by atoms with van der Waals surface area (Å²) in [4.78, 5) is 0. The summed E-state index contributed by atoms with van der Waals surface area (Å²) in [6, 6.07) is 5.41. The molecular weight excluding hydrogens is 263 g/mol. The largest absolute Gasteiger partial charge is 0.416 e. The first-order valence-corrected chi connectivity index (χ1v) is 6.41. The van der Waals surface area contributed by atoms with Crippen LogP contribution in [0.25, 0.3) is 0 Å². The highest BCUT2D eigenvalue weighted by Gasteiger charge is 2.41. The molecule has 0 atom stereocenters. The van der Waals surface area contributed by atoms with Crippen molar-refractivity contribution in [3.05, 3.63) is 35.4 Å². The summed E-state index contributed by atoms with van der Waals surface area (Å²) in [6.07, 6.45) is -2.07. The lowest BCUT2D eigenvalue weighted by molar-refractivity contribution is -0.137. The molecule has 1 aliphatic rings. The normalized spacial score (nSPS) is 17.8. The minimum atomic E-state index is -4.27. The fourth-order valence-corrected chi connectivity index (χ4v) is 2.23. The van der Waals surface area contributed by atoms with Crippen molar-refractivity contribution in [3.63, 3.8) is 0 Å². The van der Waals surface area contributed by atoms with Gasteiger partial charge in [0.2, 0.25) is 0 Å². The summed E-state index contributed by atoms with van der Waals surface area (Å²) in [5.41, 5.74) is 0.235. The zero-order valence-electron chi connectivity index (χ0n) is 9.86. The summed E-state index contributed by atoms with van der Waals surface area (Å²) in [6.45, 7) is 1.22. The number of nitrogens with one attached hydrogen (secondary N) is 1. The van der Waals surface area contributed by atoms with Crippen molar-refractivity contribution >= 4 is 11.6 Å². The van der Waals surface area contributed by atoms with Gasteiger partial charge in [-0.1, -0.05) is 18.2 Å². The van der Waals surface area contributed by atoms with Gasteiger partial charge in [0.25, 0.3) is 0 Å². The van der Waals surface area contributed by atoms with E-state index in [1.165, 1.54) is 12.1 Å². The van der Waals surface area contributed by atoms with E-state index in [1.807, 2.05) is 0 Å². The molecule has 0 unspecified atom stereocenters. The van der Waals surface area contributed by atoms with Gasteiger partial charge in [-0.25, -0.2) is 0 Å². The molecule has 1 fully saturated rings. The number of halogens is 4. The molecule has 0 heterocycles. The molecule has 5 heteroatoms. The Morgan fingerprint density at radius 2 is 2.00 bits per heavy atom. The fourth-order valence-electron chi connectivity index (χ4n) is 1.86. The smallest absolute Gasteiger partial charge is 0.312 e. The molecule has 1 saturated carbocycles. The van der Waals surface area contributed by atoms with Crippen molar-refractivity contribution in [2.75, 3.05) is 12.4 Å². The Kier molecular flexibility index (Phi) is 3.87. The predicted octanol–water partition coefficient (Wildman–Crippen LogP) is 3.81. The maximum Gasteiger partial charge on any atom is 0.416 e. The van der Waals surface area contributed by atoms with Crippen LogP contribution in [0.2, 0.25) is 0 Å². The molecule has 0 amide bonds. The quantitative estimate of drug-likeness (QED) is 0.807. The van der Waals surface area contributed by atoms with Crippen LogP contribution in [0, 0.1) is 5.41 Å². The van der Waals surface area contributed by atoms with E-state index in [0.29, 0.717) is 18.0 Å². The second-order valence-corrected chi connectivity index (χ2v) is 5.20. The minimum Gasteiger partial charge on any atom is -0.312 e. The maximum atomic E-state index is 12.5. The monoisotopic (exact) mass is 277 g/mol. The van der Waals surface area contributed by atoms with Crippen LogP contribution in [-0.2, 0) is 12.7 Å². The molecule has 0 saturated heterocycles. The molecule has 0 aliphatic heterocycles. The van der Waals surface area contributed by atoms with E-state index in [2.05, 4.69) is 5.32 Å². The second kappa shape index (κ2) is 5.10. The number of hydrogen-bond donors (Lipinski definition) is 1. The SMILES string of the molecule is FC(F)(F)c1cccc(CNCC2(CCl)CC2)c1. The number of alkyl halides is 4. The van der Waals surface area contributed by atoms with Gasteiger partial charge in [-0.3, -0.25) is 0 Å². The summed E-state index contributed by atoms with van der Waals surface area (Å²) in [7, 11) is 0. The summed E-state index contributed by atoms with van der Waals surface area (Å²) < 4.78 is 37.5. The van der Waals surface area contributed by atoms with Crippen molar-refractivity contribution in [2.24, 2.45) is 5.41 Å². The summed E-state index contributed by atoms with van der Waals surface area (Å²) >= 11 is 5.83. The Hall–Kier alpha value is -0.740. The molecule has 0 radical (unpaired) electrons. The second-order valence-electron chi connectivity index (χ2n) is 4.94. The molecule has 0 spiro atoms. The van der Waals surface area contributed by atoms with E-state index in [-0.39, 0.29) is 5.41 Å². The maximum absolute atomic E-state index is 12.5. The average molecular weight is 278 g/mol. The Morgan fingerprint density at radius 3 is 2.56 bits per heavy atom. The molecule has 1 nitrogen and oxygen atoms in total. The molecule has 2 rings (SSSR count). The van der Waals surface area contributed by atoms with Gasteiger partial charge in [-0.05, 0) is 29.9 Å². The Bertz CT molecular complexity index is 413. The van der Waals surface area contributed by atoms with Crippen molar-refractivity contribution in [1.82, 2.24) is 5.32 Å². The van der Waals surface area contributed by atoms with E-state index in [4.69, 9.17) is 11.6 Å². The van der Waals surface area contributed by atoms with Crippen molar-refractivity contribution in [3.8, 4) is 0 Å². The van der Waals surface area contributed by atoms with Crippen LogP contribution in [0.3, 0.4) is 0 Å². The standard InChI is InChI=1S/C13H15ClF3N/c14-8-12(4-5-12)9-18-7-10-2-1-3-11(6-10)13(15,16)17/h1-3,6,18H,4-5,7-9H2. The van der Waals surface area contributed by atoms with Gasteiger partial charge < -0.3 is 5.32 Å². The van der Waals surface area contributed by atoms with E-state index in [9.17, 15) is 13.2 Å². The van der Waals surface area contributed by atoms with Crippen LogP contribution in [0.15, 0.2) is 24.3 Å². The third-order valence-corrected chi connectivity index (χ3v) is 3.89. The van der Waals surface area contributed by atoms with Gasteiger partial charge >= 0.3 is 6.18 Å². The van der Waals surface area contributed by atoms with Gasteiger partial charge in [0.1, 0.15) is 0 Å². The Balaban J connectivity index is 1.90. The van der Waals surface area contributed by atoms with Crippen LogP contribution < -0.4 is 5.32 Å². The minimum absolute atomic E-state index is 0.184. The van der Waals surface area contributed by atoms with Gasteiger partial charge in [-0.15, -0.1) is 11.6 Å². The molecular formula is C13H15ClF3N. The summed E-state index contributed by atoms with van der Waals surface area (Å²) in [5.74, 6) is 0.614. The number of benzene rings is 1. The van der Waals surface area contributed by atoms with Crippen LogP contribution in [0.1, 0.15) is 24.0 Å². The van der Waals surface area contributed by atoms with E-state index in [1.54, 1.807) is 6.07 Å². The third-order valence-electron chi connectivity index (χ3n) is 3.32. The van der Waals surface area contributed by atoms with Crippen molar-refractivity contribution < 1.29 is 13.2 Å². The Morgan fingerprint density at radius 1 is 1.28 bits per heavy atom. The summed E-state index contributed by atoms with van der Waals surface area (Å²) in [5, 5.41) is 3.18. The molecule has 1 aliphatic carbocycles. The highest BCUT2D eigenvalue weighted by atomic mass is 35.5. The van der Waals surface area contributed by atoms with E-state index >= 15 is 0 Å². The average Bonchev–Trinajstić information content (AvgIpc) is 3.09. The highest BCUT2D eigenvalue weighted by Crippen LogP contribution is 2.45. The zero-order valence-corrected chi connectivity index (χ0v) is 10.6. The van der Waals surface area contributed by atoms with E-state index in [0.717, 1.165) is 25.5 Å². The van der Waals surface area contributed by atoms with Crippen LogP contribution in [0.5, 0.6) is 0 Å². The van der Waals surface area contributed by atoms with Crippen LogP contribution in [-0.4, -0.2) is 12.4 Å². The molecule has 1 aromatic rings. The van der Waals surface area contributed by atoms with Gasteiger partial charge in [0.05, 0.1) is 5.56 Å². The van der Waals surface area contributed by atoms with Gasteiger partial charge in [0, 0.05) is 19.0 Å². The predicted molar refractivity (Wildman–Crippen MR) is 65.5 cm³/mol. The molecule has 0 bridgehead atoms. The first-order chi connectivity index (χ1) is 8.45. The highest BCUT2D eigenvalue weighted by molar-refractivity contribution is 6.18. The van der Waals surface area contributed by atoms with Crippen molar-refractivity contribution in [2.45, 2.75) is 25.6 Å². The first-order valence-electron chi connectivity index (χ1n) is 5.88. The topological polar surface area (TPSA) is 12.0 Å². The molecule has 0 aromatic heterocycles. The number of hydrogen-bond acceptors (Lipinski definition) is 1. The van der Waals surface area contributed by atoms with Gasteiger partial charge in [0.15, 0.2) is 0 Å². The van der Waals surface area contributed by atoms with Crippen LogP contribution >= 0.6 is 11.6 Å². The molecule has 100 valence electrons. The van der Waals surface area contributed by atoms with E-state index < -0.39 is 11.7 Å². The number of rotatable bonds is 5. The Labute approximate surface area is 109 Å². The molecule has 18 heavy (non-hydrogen) atoms.